The molecular formula is C22H17BrClN3O2S. The molecule has 152 valence electrons. The van der Waals surface area contributed by atoms with Crippen LogP contribution in [0.25, 0.3) is 0 Å². The first-order chi connectivity index (χ1) is 14.5. The number of hydrogen-bond acceptors (Lipinski definition) is 4. The fraction of sp³-hybridized carbons (Fsp3) is 0.0909. The van der Waals surface area contributed by atoms with E-state index in [1.54, 1.807) is 42.5 Å². The van der Waals surface area contributed by atoms with Crippen molar-refractivity contribution in [3.63, 3.8) is 0 Å². The highest BCUT2D eigenvalue weighted by Crippen LogP contribution is 2.39. The van der Waals surface area contributed by atoms with E-state index in [4.69, 9.17) is 11.6 Å². The molecule has 1 unspecified atom stereocenters. The van der Waals surface area contributed by atoms with E-state index in [-0.39, 0.29) is 5.91 Å². The number of rotatable bonds is 4. The predicted octanol–water partition coefficient (Wildman–Crippen LogP) is 5.33. The number of nitrogens with one attached hydrogen (secondary N) is 1. The fourth-order valence-electron chi connectivity index (χ4n) is 3.01. The minimum Gasteiger partial charge on any atom is -0.365 e. The summed E-state index contributed by atoms with van der Waals surface area (Å²) in [5, 5.41) is 14.1. The molecule has 30 heavy (non-hydrogen) atoms. The van der Waals surface area contributed by atoms with Crippen molar-refractivity contribution in [2.75, 3.05) is 5.75 Å². The van der Waals surface area contributed by atoms with Crippen molar-refractivity contribution in [3.8, 4) is 0 Å². The van der Waals surface area contributed by atoms with Crippen LogP contribution in [0, 0.1) is 0 Å². The van der Waals surface area contributed by atoms with E-state index >= 15 is 0 Å². The summed E-state index contributed by atoms with van der Waals surface area (Å²) in [6.07, 6.45) is 0. The number of halogens is 2. The van der Waals surface area contributed by atoms with Gasteiger partial charge >= 0.3 is 0 Å². The zero-order chi connectivity index (χ0) is 21.1. The van der Waals surface area contributed by atoms with Crippen molar-refractivity contribution in [3.05, 3.63) is 99.5 Å². The highest BCUT2D eigenvalue weighted by molar-refractivity contribution is 9.10. The molecule has 0 saturated carbocycles. The number of carbonyl (C=O) groups is 1. The highest BCUT2D eigenvalue weighted by atomic mass is 79.9. The third-order valence-electron chi connectivity index (χ3n) is 4.55. The molecule has 1 aliphatic rings. The molecule has 3 aromatic carbocycles. The normalized spacial score (nSPS) is 19.8. The Kier molecular flexibility index (Phi) is 6.15. The number of aliphatic imine (C=N–C) groups is 1. The number of aliphatic hydroxyl groups is 1. The van der Waals surface area contributed by atoms with Gasteiger partial charge < -0.3 is 5.11 Å². The Balaban J connectivity index is 1.72. The largest absolute Gasteiger partial charge is 0.365 e. The molecule has 1 amide bonds. The van der Waals surface area contributed by atoms with Gasteiger partial charge in [0.15, 0.2) is 10.9 Å². The molecule has 1 atom stereocenters. The molecule has 5 nitrogen and oxygen atoms in total. The van der Waals surface area contributed by atoms with Crippen LogP contribution >= 0.6 is 39.3 Å². The van der Waals surface area contributed by atoms with Crippen LogP contribution in [0.15, 0.2) is 88.3 Å². The lowest BCUT2D eigenvalue weighted by molar-refractivity contribution is -0.0676. The zero-order valence-electron chi connectivity index (χ0n) is 15.6. The zero-order valence-corrected chi connectivity index (χ0v) is 18.8. The number of hydrogen-bond donors (Lipinski definition) is 2. The van der Waals surface area contributed by atoms with E-state index in [1.807, 2.05) is 36.4 Å². The molecule has 0 radical (unpaired) electrons. The SMILES string of the molecule is O=C(NN1C(=Nc2ccccc2)SCC1(O)c1ccc(Cl)cc1)c1cccc(Br)c1. The third kappa shape index (κ3) is 4.39. The van der Waals surface area contributed by atoms with Crippen molar-refractivity contribution in [1.29, 1.82) is 0 Å². The smallest absolute Gasteiger partial charge is 0.269 e. The lowest BCUT2D eigenvalue weighted by Crippen LogP contribution is -2.54. The molecule has 0 aromatic heterocycles. The maximum absolute atomic E-state index is 13.0. The number of para-hydroxylation sites is 1. The first-order valence-corrected chi connectivity index (χ1v) is 11.2. The Morgan fingerprint density at radius 1 is 1.10 bits per heavy atom. The number of nitrogens with zero attached hydrogens (tertiary/aromatic N) is 2. The van der Waals surface area contributed by atoms with Gasteiger partial charge in [0.1, 0.15) is 0 Å². The van der Waals surface area contributed by atoms with Crippen molar-refractivity contribution in [2.24, 2.45) is 4.99 Å². The highest BCUT2D eigenvalue weighted by Gasteiger charge is 2.46. The van der Waals surface area contributed by atoms with E-state index < -0.39 is 5.72 Å². The summed E-state index contributed by atoms with van der Waals surface area (Å²) in [7, 11) is 0. The van der Waals surface area contributed by atoms with E-state index in [2.05, 4.69) is 26.3 Å². The molecule has 0 aliphatic carbocycles. The molecular weight excluding hydrogens is 486 g/mol. The van der Waals surface area contributed by atoms with Gasteiger partial charge in [0.25, 0.3) is 5.91 Å². The van der Waals surface area contributed by atoms with Crippen molar-refractivity contribution < 1.29 is 9.90 Å². The van der Waals surface area contributed by atoms with E-state index in [1.165, 1.54) is 16.8 Å². The molecule has 1 heterocycles. The summed E-state index contributed by atoms with van der Waals surface area (Å²) < 4.78 is 0.789. The lowest BCUT2D eigenvalue weighted by Gasteiger charge is -2.34. The Morgan fingerprint density at radius 2 is 1.83 bits per heavy atom. The molecule has 0 bridgehead atoms. The fourth-order valence-corrected chi connectivity index (χ4v) is 4.66. The molecule has 2 N–H and O–H groups in total. The van der Waals surface area contributed by atoms with Crippen LogP contribution in [0.5, 0.6) is 0 Å². The molecule has 0 spiro atoms. The van der Waals surface area contributed by atoms with Crippen molar-refractivity contribution >= 4 is 56.1 Å². The minimum atomic E-state index is -1.48. The standard InChI is InChI=1S/C22H17BrClN3O2S/c23-17-6-4-5-15(13-17)20(28)26-27-21(25-19-7-2-1-3-8-19)30-14-22(27,29)16-9-11-18(24)12-10-16/h1-13,29H,14H2,(H,26,28). The van der Waals surface area contributed by atoms with Gasteiger partial charge in [-0.25, -0.2) is 10.0 Å². The van der Waals surface area contributed by atoms with Crippen LogP contribution in [-0.2, 0) is 5.72 Å². The first-order valence-electron chi connectivity index (χ1n) is 9.07. The van der Waals surface area contributed by atoms with Crippen molar-refractivity contribution in [1.82, 2.24) is 10.4 Å². The Hall–Kier alpha value is -2.32. The lowest BCUT2D eigenvalue weighted by atomic mass is 10.0. The second kappa shape index (κ2) is 8.81. The van der Waals surface area contributed by atoms with Gasteiger partial charge in [-0.2, -0.15) is 0 Å². The average molecular weight is 503 g/mol. The summed E-state index contributed by atoms with van der Waals surface area (Å²) in [6.45, 7) is 0. The minimum absolute atomic E-state index is 0.291. The quantitative estimate of drug-likeness (QED) is 0.506. The Morgan fingerprint density at radius 3 is 2.53 bits per heavy atom. The predicted molar refractivity (Wildman–Crippen MR) is 125 cm³/mol. The van der Waals surface area contributed by atoms with Gasteiger partial charge in [-0.05, 0) is 42.5 Å². The average Bonchev–Trinajstić information content (AvgIpc) is 3.06. The van der Waals surface area contributed by atoms with Gasteiger partial charge in [0.05, 0.1) is 11.4 Å². The number of amidine groups is 1. The molecule has 1 aliphatic heterocycles. The number of hydrazine groups is 1. The van der Waals surface area contributed by atoms with Crippen LogP contribution < -0.4 is 5.43 Å². The van der Waals surface area contributed by atoms with Gasteiger partial charge in [-0.15, -0.1) is 0 Å². The van der Waals surface area contributed by atoms with E-state index in [0.717, 1.165) is 10.2 Å². The van der Waals surface area contributed by atoms with Crippen molar-refractivity contribution in [2.45, 2.75) is 5.72 Å². The maximum atomic E-state index is 13.0. The number of carbonyl (C=O) groups excluding carboxylic acids is 1. The molecule has 1 saturated heterocycles. The van der Waals surface area contributed by atoms with Crippen LogP contribution in [0.4, 0.5) is 5.69 Å². The summed E-state index contributed by atoms with van der Waals surface area (Å²) in [5.41, 5.74) is 3.14. The Labute approximate surface area is 191 Å². The van der Waals surface area contributed by atoms with Crippen LogP contribution in [0.2, 0.25) is 5.02 Å². The number of benzene rings is 3. The third-order valence-corrected chi connectivity index (χ3v) is 6.38. The molecule has 3 aromatic rings. The van der Waals surface area contributed by atoms with Gasteiger partial charge in [-0.3, -0.25) is 10.2 Å². The van der Waals surface area contributed by atoms with Gasteiger partial charge in [0.2, 0.25) is 0 Å². The first kappa shape index (κ1) is 20.9. The van der Waals surface area contributed by atoms with Gasteiger partial charge in [-0.1, -0.05) is 75.7 Å². The summed E-state index contributed by atoms with van der Waals surface area (Å²) in [6, 6.07) is 23.3. The molecule has 4 rings (SSSR count). The van der Waals surface area contributed by atoms with E-state index in [0.29, 0.717) is 27.1 Å². The van der Waals surface area contributed by atoms with Crippen LogP contribution in [-0.4, -0.2) is 26.9 Å². The van der Waals surface area contributed by atoms with Gasteiger partial charge in [0, 0.05) is 20.6 Å². The second-order valence-electron chi connectivity index (χ2n) is 6.63. The summed E-state index contributed by atoms with van der Waals surface area (Å²) in [5.74, 6) is -0.0639. The molecule has 1 fully saturated rings. The molecule has 8 heteroatoms. The maximum Gasteiger partial charge on any atom is 0.269 e. The Bertz CT molecular complexity index is 1100. The topological polar surface area (TPSA) is 64.9 Å². The van der Waals surface area contributed by atoms with Crippen LogP contribution in [0.3, 0.4) is 0 Å². The number of amides is 1. The summed E-state index contributed by atoms with van der Waals surface area (Å²) >= 11 is 10.8. The summed E-state index contributed by atoms with van der Waals surface area (Å²) in [4.78, 5) is 17.6. The van der Waals surface area contributed by atoms with Crippen LogP contribution in [0.1, 0.15) is 15.9 Å². The monoisotopic (exact) mass is 501 g/mol. The number of thioether (sulfide) groups is 1. The van der Waals surface area contributed by atoms with E-state index in [9.17, 15) is 9.90 Å². The second-order valence-corrected chi connectivity index (χ2v) is 8.92.